The first-order chi connectivity index (χ1) is 10.1. The highest BCUT2D eigenvalue weighted by molar-refractivity contribution is 7.17. The Morgan fingerprint density at radius 3 is 2.62 bits per heavy atom. The number of amides is 1. The molecule has 3 nitrogen and oxygen atoms in total. The summed E-state index contributed by atoms with van der Waals surface area (Å²) in [5.41, 5.74) is 8.18. The molecule has 1 aromatic heterocycles. The number of hydrogen-bond donors (Lipinski definition) is 2. The van der Waals surface area contributed by atoms with Crippen LogP contribution in [0.5, 0.6) is 0 Å². The zero-order valence-electron chi connectivity index (χ0n) is 11.7. The number of hydrogen-bond acceptors (Lipinski definition) is 3. The van der Waals surface area contributed by atoms with E-state index in [1.165, 1.54) is 0 Å². The highest BCUT2D eigenvalue weighted by Gasteiger charge is 2.15. The van der Waals surface area contributed by atoms with Crippen LogP contribution < -0.4 is 11.1 Å². The molecule has 3 aromatic rings. The highest BCUT2D eigenvalue weighted by atomic mass is 32.1. The summed E-state index contributed by atoms with van der Waals surface area (Å²) < 4.78 is 1.13. The van der Waals surface area contributed by atoms with Gasteiger partial charge in [-0.15, -0.1) is 11.3 Å². The van der Waals surface area contributed by atoms with Gasteiger partial charge in [-0.05, 0) is 30.7 Å². The average Bonchev–Trinajstić information content (AvgIpc) is 2.92. The number of rotatable bonds is 3. The Morgan fingerprint density at radius 2 is 1.86 bits per heavy atom. The van der Waals surface area contributed by atoms with Crippen LogP contribution in [0.25, 0.3) is 10.1 Å². The van der Waals surface area contributed by atoms with Crippen molar-refractivity contribution >= 4 is 33.0 Å². The van der Waals surface area contributed by atoms with E-state index in [9.17, 15) is 4.79 Å². The molecule has 0 aliphatic carbocycles. The lowest BCUT2D eigenvalue weighted by molar-refractivity contribution is 0.0942. The second kappa shape index (κ2) is 5.58. The fourth-order valence-corrected chi connectivity index (χ4v) is 3.24. The van der Waals surface area contributed by atoms with E-state index >= 15 is 0 Å². The van der Waals surface area contributed by atoms with E-state index in [1.807, 2.05) is 60.8 Å². The van der Waals surface area contributed by atoms with Crippen molar-refractivity contribution in [3.63, 3.8) is 0 Å². The lowest BCUT2D eigenvalue weighted by Gasteiger charge is -2.14. The van der Waals surface area contributed by atoms with Crippen LogP contribution >= 0.6 is 11.3 Å². The number of carbonyl (C=O) groups is 1. The second-order valence-electron chi connectivity index (χ2n) is 5.01. The minimum Gasteiger partial charge on any atom is -0.399 e. The van der Waals surface area contributed by atoms with Crippen LogP contribution in [-0.2, 0) is 0 Å². The molecule has 0 spiro atoms. The molecule has 2 aromatic carbocycles. The summed E-state index contributed by atoms with van der Waals surface area (Å²) in [6, 6.07) is 15.5. The number of fused-ring (bicyclic) bond motifs is 1. The maximum Gasteiger partial charge on any atom is 0.253 e. The summed E-state index contributed by atoms with van der Waals surface area (Å²) >= 11 is 1.59. The Kier molecular flexibility index (Phi) is 3.62. The lowest BCUT2D eigenvalue weighted by atomic mass is 10.1. The minimum absolute atomic E-state index is 0.0447. The summed E-state index contributed by atoms with van der Waals surface area (Å²) in [5.74, 6) is -0.0447. The molecule has 21 heavy (non-hydrogen) atoms. The third kappa shape index (κ3) is 2.76. The van der Waals surface area contributed by atoms with Crippen molar-refractivity contribution in [3.05, 3.63) is 65.0 Å². The molecule has 3 rings (SSSR count). The van der Waals surface area contributed by atoms with Crippen molar-refractivity contribution in [2.45, 2.75) is 13.0 Å². The van der Waals surface area contributed by atoms with Gasteiger partial charge >= 0.3 is 0 Å². The summed E-state index contributed by atoms with van der Waals surface area (Å²) in [6.07, 6.45) is 0. The Morgan fingerprint density at radius 1 is 1.14 bits per heavy atom. The highest BCUT2D eigenvalue weighted by Crippen LogP contribution is 2.26. The second-order valence-corrected chi connectivity index (χ2v) is 5.92. The zero-order valence-corrected chi connectivity index (χ0v) is 12.5. The normalized spacial score (nSPS) is 12.2. The van der Waals surface area contributed by atoms with E-state index in [2.05, 4.69) is 5.32 Å². The Balaban J connectivity index is 1.81. The first-order valence-electron chi connectivity index (χ1n) is 6.77. The van der Waals surface area contributed by atoms with Crippen molar-refractivity contribution in [1.29, 1.82) is 0 Å². The van der Waals surface area contributed by atoms with Crippen molar-refractivity contribution < 1.29 is 4.79 Å². The van der Waals surface area contributed by atoms with Crippen LogP contribution in [0.4, 0.5) is 5.69 Å². The fourth-order valence-electron chi connectivity index (χ4n) is 2.30. The lowest BCUT2D eigenvalue weighted by Crippen LogP contribution is -2.26. The number of nitrogens with two attached hydrogens (primary N) is 1. The number of benzene rings is 2. The molecule has 1 heterocycles. The molecule has 0 bridgehead atoms. The molecule has 106 valence electrons. The van der Waals surface area contributed by atoms with Crippen molar-refractivity contribution in [2.24, 2.45) is 0 Å². The van der Waals surface area contributed by atoms with Gasteiger partial charge < -0.3 is 11.1 Å². The number of carbonyl (C=O) groups excluding carboxylic acids is 1. The summed E-state index contributed by atoms with van der Waals surface area (Å²) in [7, 11) is 0. The molecule has 1 unspecified atom stereocenters. The van der Waals surface area contributed by atoms with E-state index in [-0.39, 0.29) is 11.9 Å². The molecule has 4 heteroatoms. The van der Waals surface area contributed by atoms with E-state index in [0.717, 1.165) is 26.9 Å². The van der Waals surface area contributed by atoms with Gasteiger partial charge in [0, 0.05) is 21.2 Å². The van der Waals surface area contributed by atoms with Crippen LogP contribution in [0.2, 0.25) is 0 Å². The van der Waals surface area contributed by atoms with Gasteiger partial charge in [0.1, 0.15) is 0 Å². The SMILES string of the molecule is CC(NC(=O)c1csc2ccccc12)c1ccc(N)cc1. The topological polar surface area (TPSA) is 55.1 Å². The van der Waals surface area contributed by atoms with E-state index in [4.69, 9.17) is 5.73 Å². The number of nitrogens with one attached hydrogen (secondary N) is 1. The van der Waals surface area contributed by atoms with Crippen molar-refractivity contribution in [1.82, 2.24) is 5.32 Å². The smallest absolute Gasteiger partial charge is 0.253 e. The van der Waals surface area contributed by atoms with Crippen molar-refractivity contribution in [2.75, 3.05) is 5.73 Å². The van der Waals surface area contributed by atoms with Gasteiger partial charge in [0.05, 0.1) is 11.6 Å². The van der Waals surface area contributed by atoms with E-state index < -0.39 is 0 Å². The Labute approximate surface area is 127 Å². The standard InChI is InChI=1S/C17H16N2OS/c1-11(12-6-8-13(18)9-7-12)19-17(20)15-10-21-16-5-3-2-4-14(15)16/h2-11H,18H2,1H3,(H,19,20). The van der Waals surface area contributed by atoms with Gasteiger partial charge in [-0.3, -0.25) is 4.79 Å². The van der Waals surface area contributed by atoms with Gasteiger partial charge in [-0.1, -0.05) is 30.3 Å². The van der Waals surface area contributed by atoms with Crippen LogP contribution in [-0.4, -0.2) is 5.91 Å². The number of thiophene rings is 1. The predicted octanol–water partition coefficient (Wildman–Crippen LogP) is 3.97. The molecule has 0 fully saturated rings. The monoisotopic (exact) mass is 296 g/mol. The van der Waals surface area contributed by atoms with Gasteiger partial charge in [0.25, 0.3) is 5.91 Å². The van der Waals surface area contributed by atoms with Crippen LogP contribution in [0, 0.1) is 0 Å². The summed E-state index contributed by atoms with van der Waals surface area (Å²) in [4.78, 5) is 12.4. The van der Waals surface area contributed by atoms with E-state index in [1.54, 1.807) is 11.3 Å². The quantitative estimate of drug-likeness (QED) is 0.718. The van der Waals surface area contributed by atoms with Gasteiger partial charge in [0.15, 0.2) is 0 Å². The first-order valence-corrected chi connectivity index (χ1v) is 7.65. The minimum atomic E-state index is -0.0586. The average molecular weight is 296 g/mol. The molecular formula is C17H16N2OS. The zero-order chi connectivity index (χ0) is 14.8. The van der Waals surface area contributed by atoms with Crippen LogP contribution in [0.3, 0.4) is 0 Å². The number of nitrogen functional groups attached to an aromatic ring is 1. The third-order valence-corrected chi connectivity index (χ3v) is 4.47. The van der Waals surface area contributed by atoms with Gasteiger partial charge in [-0.25, -0.2) is 0 Å². The van der Waals surface area contributed by atoms with Crippen LogP contribution in [0.1, 0.15) is 28.9 Å². The molecule has 0 saturated carbocycles. The number of anilines is 1. The largest absolute Gasteiger partial charge is 0.399 e. The molecule has 0 radical (unpaired) electrons. The molecule has 0 aliphatic rings. The summed E-state index contributed by atoms with van der Waals surface area (Å²) in [6.45, 7) is 1.97. The maximum absolute atomic E-state index is 12.4. The predicted molar refractivity (Wildman–Crippen MR) is 88.6 cm³/mol. The van der Waals surface area contributed by atoms with Crippen LogP contribution in [0.15, 0.2) is 53.9 Å². The fraction of sp³-hybridized carbons (Fsp3) is 0.118. The molecule has 0 aliphatic heterocycles. The van der Waals surface area contributed by atoms with Gasteiger partial charge in [-0.2, -0.15) is 0 Å². The molecule has 3 N–H and O–H groups in total. The Hall–Kier alpha value is -2.33. The first kappa shape index (κ1) is 13.6. The molecule has 1 amide bonds. The molecule has 1 atom stereocenters. The van der Waals surface area contributed by atoms with Crippen molar-refractivity contribution in [3.8, 4) is 0 Å². The van der Waals surface area contributed by atoms with E-state index in [0.29, 0.717) is 0 Å². The third-order valence-electron chi connectivity index (χ3n) is 3.51. The Bertz CT molecular complexity index is 777. The summed E-state index contributed by atoms with van der Waals surface area (Å²) in [5, 5.41) is 5.95. The molecular weight excluding hydrogens is 280 g/mol. The van der Waals surface area contributed by atoms with Gasteiger partial charge in [0.2, 0.25) is 0 Å². The molecule has 0 saturated heterocycles. The maximum atomic E-state index is 12.4.